The van der Waals surface area contributed by atoms with Crippen LogP contribution in [0.15, 0.2) is 60.7 Å². The summed E-state index contributed by atoms with van der Waals surface area (Å²) in [6.07, 6.45) is 5.81. The van der Waals surface area contributed by atoms with Crippen LogP contribution in [0.1, 0.15) is 52.9 Å². The van der Waals surface area contributed by atoms with Crippen molar-refractivity contribution in [3.63, 3.8) is 0 Å². The predicted octanol–water partition coefficient (Wildman–Crippen LogP) is 4.37. The minimum absolute atomic E-state index is 0.0218. The zero-order valence-corrected chi connectivity index (χ0v) is 22.2. The number of ether oxygens (including phenoxy) is 1. The molecule has 0 radical (unpaired) electrons. The highest BCUT2D eigenvalue weighted by molar-refractivity contribution is 6.99. The average Bonchev–Trinajstić information content (AvgIpc) is 3.73. The Hall–Kier alpha value is -1.95. The molecule has 2 aromatic carbocycles. The Labute approximate surface area is 205 Å². The number of hydrogen-bond donors (Lipinski definition) is 0. The Balaban J connectivity index is 1.42. The molecule has 1 atom stereocenters. The summed E-state index contributed by atoms with van der Waals surface area (Å²) in [5.41, 5.74) is 0.507. The molecule has 1 heterocycles. The number of benzene rings is 2. The van der Waals surface area contributed by atoms with Crippen molar-refractivity contribution >= 4 is 24.7 Å². The summed E-state index contributed by atoms with van der Waals surface area (Å²) in [5, 5.41) is 2.64. The van der Waals surface area contributed by atoms with Crippen LogP contribution in [0.4, 0.5) is 0 Å². The SMILES string of the molecule is COC(=O)C1CC2(CC2)CN1CC1(CO[Si](c2ccccc2)(c2ccccc2)C(C)(C)C)CC1. The van der Waals surface area contributed by atoms with Gasteiger partial charge in [0.15, 0.2) is 0 Å². The third kappa shape index (κ3) is 4.27. The molecule has 1 saturated heterocycles. The molecule has 1 aliphatic heterocycles. The molecular weight excluding hydrogens is 438 g/mol. The molecule has 2 aliphatic carbocycles. The molecule has 0 bridgehead atoms. The molecule has 2 saturated carbocycles. The van der Waals surface area contributed by atoms with Crippen LogP contribution >= 0.6 is 0 Å². The monoisotopic (exact) mass is 477 g/mol. The van der Waals surface area contributed by atoms with Gasteiger partial charge in [0.1, 0.15) is 6.04 Å². The van der Waals surface area contributed by atoms with Crippen LogP contribution in [0.2, 0.25) is 5.04 Å². The zero-order valence-electron chi connectivity index (χ0n) is 21.2. The van der Waals surface area contributed by atoms with Gasteiger partial charge in [-0.1, -0.05) is 81.4 Å². The van der Waals surface area contributed by atoms with Crippen LogP contribution in [0, 0.1) is 10.8 Å². The summed E-state index contributed by atoms with van der Waals surface area (Å²) in [7, 11) is -1.02. The van der Waals surface area contributed by atoms with Gasteiger partial charge in [0.05, 0.1) is 7.11 Å². The zero-order chi connectivity index (χ0) is 24.0. The maximum atomic E-state index is 12.6. The molecule has 1 spiro atoms. The van der Waals surface area contributed by atoms with Gasteiger partial charge in [-0.3, -0.25) is 9.69 Å². The Bertz CT molecular complexity index is 969. The minimum atomic E-state index is -2.55. The molecule has 0 N–H and O–H groups in total. The normalized spacial score (nSPS) is 23.1. The highest BCUT2D eigenvalue weighted by Crippen LogP contribution is 2.57. The van der Waals surface area contributed by atoms with Crippen molar-refractivity contribution in [2.75, 3.05) is 26.8 Å². The van der Waals surface area contributed by atoms with Crippen molar-refractivity contribution in [3.8, 4) is 0 Å². The van der Waals surface area contributed by atoms with Crippen molar-refractivity contribution in [1.82, 2.24) is 4.90 Å². The second-order valence-corrected chi connectivity index (χ2v) is 16.4. The number of rotatable bonds is 8. The van der Waals surface area contributed by atoms with E-state index in [1.165, 1.54) is 43.2 Å². The second-order valence-electron chi connectivity index (χ2n) is 12.1. The molecule has 5 rings (SSSR count). The van der Waals surface area contributed by atoms with Crippen LogP contribution in [0.5, 0.6) is 0 Å². The summed E-state index contributed by atoms with van der Waals surface area (Å²) >= 11 is 0. The van der Waals surface area contributed by atoms with Crippen molar-refractivity contribution in [1.29, 1.82) is 0 Å². The van der Waals surface area contributed by atoms with E-state index in [0.29, 0.717) is 5.41 Å². The van der Waals surface area contributed by atoms with E-state index in [1.54, 1.807) is 0 Å². The van der Waals surface area contributed by atoms with Crippen LogP contribution in [-0.4, -0.2) is 52.0 Å². The predicted molar refractivity (Wildman–Crippen MR) is 139 cm³/mol. The Morgan fingerprint density at radius 1 is 0.971 bits per heavy atom. The lowest BCUT2D eigenvalue weighted by Gasteiger charge is -2.44. The van der Waals surface area contributed by atoms with Crippen LogP contribution in [-0.2, 0) is 14.0 Å². The highest BCUT2D eigenvalue weighted by Gasteiger charge is 2.58. The number of nitrogens with zero attached hydrogens (tertiary/aromatic N) is 1. The third-order valence-corrected chi connectivity index (χ3v) is 13.5. The van der Waals surface area contributed by atoms with E-state index in [0.717, 1.165) is 26.1 Å². The summed E-state index contributed by atoms with van der Waals surface area (Å²) in [5.74, 6) is -0.0625. The van der Waals surface area contributed by atoms with E-state index >= 15 is 0 Å². The lowest BCUT2D eigenvalue weighted by Crippen LogP contribution is -2.67. The molecule has 0 amide bonds. The average molecular weight is 478 g/mol. The van der Waals surface area contributed by atoms with Crippen molar-refractivity contribution in [3.05, 3.63) is 60.7 Å². The lowest BCUT2D eigenvalue weighted by atomic mass is 10.0. The highest BCUT2D eigenvalue weighted by atomic mass is 28.4. The number of likely N-dealkylation sites (tertiary alicyclic amines) is 1. The largest absolute Gasteiger partial charge is 0.468 e. The minimum Gasteiger partial charge on any atom is -0.468 e. The number of esters is 1. The molecule has 3 aliphatic rings. The van der Waals surface area contributed by atoms with E-state index in [2.05, 4.69) is 86.3 Å². The smallest absolute Gasteiger partial charge is 0.323 e. The van der Waals surface area contributed by atoms with E-state index < -0.39 is 8.32 Å². The first-order valence-electron chi connectivity index (χ1n) is 12.8. The van der Waals surface area contributed by atoms with Crippen LogP contribution in [0.25, 0.3) is 0 Å². The number of methoxy groups -OCH3 is 1. The lowest BCUT2D eigenvalue weighted by molar-refractivity contribution is -0.146. The summed E-state index contributed by atoms with van der Waals surface area (Å²) < 4.78 is 12.5. The van der Waals surface area contributed by atoms with Gasteiger partial charge in [-0.25, -0.2) is 0 Å². The number of hydrogen-bond acceptors (Lipinski definition) is 4. The maximum Gasteiger partial charge on any atom is 0.323 e. The molecule has 2 aromatic rings. The molecule has 1 unspecified atom stereocenters. The first-order chi connectivity index (χ1) is 16.2. The van der Waals surface area contributed by atoms with Crippen molar-refractivity contribution in [2.24, 2.45) is 10.8 Å². The fraction of sp³-hybridized carbons (Fsp3) is 0.552. The standard InChI is InChI=1S/C29H39NO3Si/c1-27(2,3)34(23-11-7-5-8-12-23,24-13-9-6-10-14-24)33-22-29(17-18-29)21-30-20-28(15-16-28)19-25(30)26(31)32-4/h5-14,25H,15-22H2,1-4H3. The number of carbonyl (C=O) groups is 1. The molecule has 182 valence electrons. The van der Waals surface area contributed by atoms with Gasteiger partial charge in [-0.15, -0.1) is 0 Å². The summed E-state index contributed by atoms with van der Waals surface area (Å²) in [6, 6.07) is 21.7. The quantitative estimate of drug-likeness (QED) is 0.418. The van der Waals surface area contributed by atoms with Gasteiger partial charge in [0, 0.05) is 25.1 Å². The summed E-state index contributed by atoms with van der Waals surface area (Å²) in [6.45, 7) is 9.73. The van der Waals surface area contributed by atoms with Gasteiger partial charge in [0.25, 0.3) is 8.32 Å². The fourth-order valence-electron chi connectivity index (χ4n) is 6.20. The van der Waals surface area contributed by atoms with E-state index in [-0.39, 0.29) is 22.5 Å². The first kappa shape index (κ1) is 23.8. The Kier molecular flexibility index (Phi) is 6.02. The Morgan fingerprint density at radius 2 is 1.53 bits per heavy atom. The van der Waals surface area contributed by atoms with Gasteiger partial charge < -0.3 is 9.16 Å². The van der Waals surface area contributed by atoms with Gasteiger partial charge in [-0.2, -0.15) is 0 Å². The summed E-state index contributed by atoms with van der Waals surface area (Å²) in [4.78, 5) is 15.0. The molecule has 34 heavy (non-hydrogen) atoms. The number of carbonyl (C=O) groups excluding carboxylic acids is 1. The topological polar surface area (TPSA) is 38.8 Å². The molecule has 3 fully saturated rings. The van der Waals surface area contributed by atoms with E-state index in [4.69, 9.17) is 9.16 Å². The van der Waals surface area contributed by atoms with E-state index in [9.17, 15) is 4.79 Å². The van der Waals surface area contributed by atoms with Crippen LogP contribution in [0.3, 0.4) is 0 Å². The van der Waals surface area contributed by atoms with Gasteiger partial charge in [0.2, 0.25) is 0 Å². The van der Waals surface area contributed by atoms with Crippen LogP contribution < -0.4 is 10.4 Å². The van der Waals surface area contributed by atoms with Crippen molar-refractivity contribution < 1.29 is 14.0 Å². The Morgan fingerprint density at radius 3 is 1.97 bits per heavy atom. The molecule has 4 nitrogen and oxygen atoms in total. The molecular formula is C29H39NO3Si. The molecule has 0 aromatic heterocycles. The second kappa shape index (κ2) is 8.61. The van der Waals surface area contributed by atoms with Crippen molar-refractivity contribution in [2.45, 2.75) is 64.0 Å². The van der Waals surface area contributed by atoms with Gasteiger partial charge in [-0.05, 0) is 52.9 Å². The van der Waals surface area contributed by atoms with E-state index in [1.807, 2.05) is 0 Å². The van der Waals surface area contributed by atoms with Gasteiger partial charge >= 0.3 is 5.97 Å². The first-order valence-corrected chi connectivity index (χ1v) is 14.7. The third-order valence-electron chi connectivity index (χ3n) is 8.54. The molecule has 5 heteroatoms. The fourth-order valence-corrected chi connectivity index (χ4v) is 10.9. The maximum absolute atomic E-state index is 12.6.